The largest absolute Gasteiger partial charge is 0.497 e. The second-order valence-electron chi connectivity index (χ2n) is 8.45. The quantitative estimate of drug-likeness (QED) is 0.672. The normalized spacial score (nSPS) is 15.1. The molecular weight excluding hydrogens is 425 g/mol. The number of amides is 3. The van der Waals surface area contributed by atoms with Crippen LogP contribution in [0.15, 0.2) is 48.5 Å². The summed E-state index contributed by atoms with van der Waals surface area (Å²) in [4.78, 5) is 40.1. The maximum absolute atomic E-state index is 14.0. The first kappa shape index (κ1) is 24.2. The second kappa shape index (κ2) is 10.9. The lowest BCUT2D eigenvalue weighted by Gasteiger charge is -2.36. The number of benzene rings is 2. The molecule has 0 unspecified atom stereocenters. The summed E-state index contributed by atoms with van der Waals surface area (Å²) in [6, 6.07) is 11.7. The highest BCUT2D eigenvalue weighted by molar-refractivity contribution is 5.98. The van der Waals surface area contributed by atoms with Gasteiger partial charge in [0.25, 0.3) is 11.8 Å². The van der Waals surface area contributed by atoms with Crippen molar-refractivity contribution in [3.05, 3.63) is 65.5 Å². The first-order valence-corrected chi connectivity index (χ1v) is 11.1. The third-order valence-electron chi connectivity index (χ3n) is 5.75. The zero-order valence-corrected chi connectivity index (χ0v) is 19.1. The Hall–Kier alpha value is -3.42. The summed E-state index contributed by atoms with van der Waals surface area (Å²) in [6.45, 7) is 4.47. The summed E-state index contributed by atoms with van der Waals surface area (Å²) in [7, 11) is 1.55. The van der Waals surface area contributed by atoms with Crippen molar-refractivity contribution in [3.8, 4) is 5.75 Å². The van der Waals surface area contributed by atoms with Crippen molar-refractivity contribution in [2.75, 3.05) is 20.2 Å². The van der Waals surface area contributed by atoms with E-state index in [2.05, 4.69) is 10.6 Å². The highest BCUT2D eigenvalue weighted by atomic mass is 19.1. The zero-order valence-electron chi connectivity index (χ0n) is 19.1. The molecule has 0 spiro atoms. The zero-order chi connectivity index (χ0) is 24.0. The van der Waals surface area contributed by atoms with Gasteiger partial charge in [-0.25, -0.2) is 4.39 Å². The molecule has 1 saturated heterocycles. The van der Waals surface area contributed by atoms with Gasteiger partial charge in [0, 0.05) is 24.7 Å². The van der Waals surface area contributed by atoms with Crippen molar-refractivity contribution in [1.82, 2.24) is 15.5 Å². The van der Waals surface area contributed by atoms with Crippen LogP contribution in [-0.4, -0.2) is 54.9 Å². The van der Waals surface area contributed by atoms with E-state index >= 15 is 0 Å². The molecule has 1 fully saturated rings. The smallest absolute Gasteiger partial charge is 0.256 e. The van der Waals surface area contributed by atoms with E-state index in [1.165, 1.54) is 12.1 Å². The number of methoxy groups -OCH3 is 1. The number of nitrogens with zero attached hydrogens (tertiary/aromatic N) is 1. The maximum Gasteiger partial charge on any atom is 0.256 e. The van der Waals surface area contributed by atoms with Gasteiger partial charge in [-0.15, -0.1) is 0 Å². The Morgan fingerprint density at radius 1 is 1.00 bits per heavy atom. The lowest BCUT2D eigenvalue weighted by Crippen LogP contribution is -2.54. The van der Waals surface area contributed by atoms with Gasteiger partial charge in [-0.05, 0) is 69.0 Å². The minimum atomic E-state index is -0.743. The van der Waals surface area contributed by atoms with Gasteiger partial charge < -0.3 is 20.3 Å². The lowest BCUT2D eigenvalue weighted by atomic mass is 9.88. The molecule has 33 heavy (non-hydrogen) atoms. The molecule has 0 saturated carbocycles. The predicted octanol–water partition coefficient (Wildman–Crippen LogP) is 3.01. The van der Waals surface area contributed by atoms with Gasteiger partial charge in [0.1, 0.15) is 17.6 Å². The maximum atomic E-state index is 14.0. The number of halogens is 1. The summed E-state index contributed by atoms with van der Waals surface area (Å²) in [6.07, 6.45) is 1.03. The lowest BCUT2D eigenvalue weighted by molar-refractivity contribution is -0.125. The van der Waals surface area contributed by atoms with E-state index in [1.807, 2.05) is 13.8 Å². The van der Waals surface area contributed by atoms with Gasteiger partial charge in [-0.3, -0.25) is 14.4 Å². The molecule has 2 aromatic rings. The average molecular weight is 456 g/mol. The molecule has 8 heteroatoms. The van der Waals surface area contributed by atoms with Crippen LogP contribution in [0.5, 0.6) is 5.75 Å². The van der Waals surface area contributed by atoms with Crippen LogP contribution in [-0.2, 0) is 4.79 Å². The van der Waals surface area contributed by atoms with Crippen LogP contribution in [0.2, 0.25) is 0 Å². The van der Waals surface area contributed by atoms with Crippen LogP contribution < -0.4 is 15.4 Å². The Morgan fingerprint density at radius 2 is 1.64 bits per heavy atom. The Bertz CT molecular complexity index is 985. The summed E-state index contributed by atoms with van der Waals surface area (Å²) < 4.78 is 19.1. The van der Waals surface area contributed by atoms with E-state index in [-0.39, 0.29) is 35.2 Å². The molecule has 3 amide bonds. The fourth-order valence-corrected chi connectivity index (χ4v) is 3.98. The van der Waals surface area contributed by atoms with Crippen molar-refractivity contribution < 1.29 is 23.5 Å². The molecule has 2 aromatic carbocycles. The van der Waals surface area contributed by atoms with Gasteiger partial charge in [-0.1, -0.05) is 12.1 Å². The van der Waals surface area contributed by atoms with Gasteiger partial charge in [0.2, 0.25) is 5.91 Å². The SMILES string of the molecule is COc1ccc(C(=O)N[C@@H](C(=O)NC(C)C)C2CCN(C(=O)c3ccccc3F)CC2)cc1. The monoisotopic (exact) mass is 455 g/mol. The minimum absolute atomic E-state index is 0.0397. The van der Waals surface area contributed by atoms with E-state index in [1.54, 1.807) is 48.4 Å². The van der Waals surface area contributed by atoms with E-state index in [9.17, 15) is 18.8 Å². The highest BCUT2D eigenvalue weighted by Gasteiger charge is 2.34. The summed E-state index contributed by atoms with van der Waals surface area (Å²) in [5.41, 5.74) is 0.461. The van der Waals surface area contributed by atoms with E-state index in [0.717, 1.165) is 0 Å². The van der Waals surface area contributed by atoms with Crippen LogP contribution in [0.4, 0.5) is 4.39 Å². The number of ether oxygens (including phenoxy) is 1. The molecule has 3 rings (SSSR count). The third-order valence-corrected chi connectivity index (χ3v) is 5.75. The van der Waals surface area contributed by atoms with Gasteiger partial charge >= 0.3 is 0 Å². The number of hydrogen-bond donors (Lipinski definition) is 2. The minimum Gasteiger partial charge on any atom is -0.497 e. The number of carbonyl (C=O) groups excluding carboxylic acids is 3. The molecule has 176 valence electrons. The van der Waals surface area contributed by atoms with E-state index in [0.29, 0.717) is 37.2 Å². The molecule has 1 aliphatic heterocycles. The number of carbonyl (C=O) groups is 3. The molecule has 0 aliphatic carbocycles. The molecule has 0 radical (unpaired) electrons. The number of likely N-dealkylation sites (tertiary alicyclic amines) is 1. The Labute approximate surface area is 193 Å². The molecule has 7 nitrogen and oxygen atoms in total. The second-order valence-corrected chi connectivity index (χ2v) is 8.45. The van der Waals surface area contributed by atoms with Crippen LogP contribution in [0.3, 0.4) is 0 Å². The van der Waals surface area contributed by atoms with Crippen molar-refractivity contribution in [3.63, 3.8) is 0 Å². The number of nitrogens with one attached hydrogen (secondary N) is 2. The Kier molecular flexibility index (Phi) is 8.03. The standard InChI is InChI=1S/C25H30FN3O4/c1-16(2)27-24(31)22(28-23(30)18-8-10-19(33-3)11-9-18)17-12-14-29(15-13-17)25(32)20-6-4-5-7-21(20)26/h4-11,16-17,22H,12-15H2,1-3H3,(H,27,31)(H,28,30)/t22-/m1/s1. The van der Waals surface area contributed by atoms with Crippen molar-refractivity contribution in [1.29, 1.82) is 0 Å². The van der Waals surface area contributed by atoms with Crippen LogP contribution in [0, 0.1) is 11.7 Å². The van der Waals surface area contributed by atoms with E-state index in [4.69, 9.17) is 4.74 Å². The summed E-state index contributed by atoms with van der Waals surface area (Å²) in [5, 5.41) is 5.75. The van der Waals surface area contributed by atoms with E-state index < -0.39 is 11.9 Å². The summed E-state index contributed by atoms with van der Waals surface area (Å²) >= 11 is 0. The number of piperidine rings is 1. The highest BCUT2D eigenvalue weighted by Crippen LogP contribution is 2.24. The van der Waals surface area contributed by atoms with Crippen LogP contribution in [0.1, 0.15) is 47.4 Å². The Morgan fingerprint density at radius 3 is 2.21 bits per heavy atom. The summed E-state index contributed by atoms with van der Waals surface area (Å²) in [5.74, 6) is -1.05. The Balaban J connectivity index is 1.69. The first-order chi connectivity index (χ1) is 15.8. The molecule has 1 heterocycles. The molecule has 1 aliphatic rings. The average Bonchev–Trinajstić information content (AvgIpc) is 2.82. The third kappa shape index (κ3) is 6.09. The molecule has 0 aromatic heterocycles. The molecule has 2 N–H and O–H groups in total. The predicted molar refractivity (Wildman–Crippen MR) is 123 cm³/mol. The van der Waals surface area contributed by atoms with Gasteiger partial charge in [-0.2, -0.15) is 0 Å². The number of hydrogen-bond acceptors (Lipinski definition) is 4. The first-order valence-electron chi connectivity index (χ1n) is 11.1. The molecular formula is C25H30FN3O4. The molecule has 0 bridgehead atoms. The molecule has 1 atom stereocenters. The fourth-order valence-electron chi connectivity index (χ4n) is 3.98. The topological polar surface area (TPSA) is 87.7 Å². The van der Waals surface area contributed by atoms with Gasteiger partial charge in [0.05, 0.1) is 12.7 Å². The fraction of sp³-hybridized carbons (Fsp3) is 0.400. The number of rotatable bonds is 7. The van der Waals surface area contributed by atoms with Crippen LogP contribution >= 0.6 is 0 Å². The van der Waals surface area contributed by atoms with Crippen molar-refractivity contribution in [2.45, 2.75) is 38.8 Å². The van der Waals surface area contributed by atoms with Crippen molar-refractivity contribution in [2.24, 2.45) is 5.92 Å². The van der Waals surface area contributed by atoms with Crippen LogP contribution in [0.25, 0.3) is 0 Å². The van der Waals surface area contributed by atoms with Gasteiger partial charge in [0.15, 0.2) is 0 Å². The van der Waals surface area contributed by atoms with Crippen molar-refractivity contribution >= 4 is 17.7 Å².